The molecule has 0 amide bonds. The average Bonchev–Trinajstić information content (AvgIpc) is 3.54. The quantitative estimate of drug-likeness (QED) is 0.405. The Morgan fingerprint density at radius 2 is 1.81 bits per heavy atom. The third-order valence-corrected chi connectivity index (χ3v) is 6.12. The van der Waals surface area contributed by atoms with Crippen molar-refractivity contribution >= 4 is 5.96 Å². The average molecular weight is 431 g/mol. The van der Waals surface area contributed by atoms with E-state index in [9.17, 15) is 0 Å². The first kappa shape index (κ1) is 22.1. The summed E-state index contributed by atoms with van der Waals surface area (Å²) >= 11 is 0. The van der Waals surface area contributed by atoms with E-state index >= 15 is 0 Å². The second kappa shape index (κ2) is 11.5. The predicted octanol–water partition coefficient (Wildman–Crippen LogP) is 3.14. The molecule has 1 unspecified atom stereocenters. The Morgan fingerprint density at radius 3 is 2.56 bits per heavy atom. The summed E-state index contributed by atoms with van der Waals surface area (Å²) in [7, 11) is 1.84. The molecule has 1 saturated heterocycles. The molecule has 6 heteroatoms. The van der Waals surface area contributed by atoms with Gasteiger partial charge in [-0.1, -0.05) is 42.5 Å². The Labute approximate surface area is 191 Å². The Bertz CT molecular complexity index is 950. The van der Waals surface area contributed by atoms with Crippen LogP contribution in [0.4, 0.5) is 0 Å². The molecule has 0 spiro atoms. The highest BCUT2D eigenvalue weighted by atomic mass is 15.3. The summed E-state index contributed by atoms with van der Waals surface area (Å²) in [4.78, 5) is 6.98. The second-order valence-corrected chi connectivity index (χ2v) is 8.44. The minimum Gasteiger partial charge on any atom is -0.356 e. The molecular formula is C26H34N6. The molecule has 3 aromatic rings. The van der Waals surface area contributed by atoms with Gasteiger partial charge >= 0.3 is 0 Å². The van der Waals surface area contributed by atoms with Crippen molar-refractivity contribution in [2.24, 2.45) is 10.9 Å². The van der Waals surface area contributed by atoms with Crippen LogP contribution >= 0.6 is 0 Å². The number of nitrogens with one attached hydrogen (secondary N) is 2. The van der Waals surface area contributed by atoms with Gasteiger partial charge < -0.3 is 15.5 Å². The van der Waals surface area contributed by atoms with Crippen LogP contribution in [0.25, 0.3) is 5.69 Å². The maximum atomic E-state index is 4.39. The third-order valence-electron chi connectivity index (χ3n) is 6.12. The minimum absolute atomic E-state index is 0.680. The Balaban J connectivity index is 1.13. The highest BCUT2D eigenvalue weighted by Crippen LogP contribution is 2.16. The third kappa shape index (κ3) is 6.44. The van der Waals surface area contributed by atoms with Crippen molar-refractivity contribution in [1.82, 2.24) is 25.3 Å². The van der Waals surface area contributed by atoms with Gasteiger partial charge in [0.25, 0.3) is 0 Å². The topological polar surface area (TPSA) is 57.5 Å². The van der Waals surface area contributed by atoms with Gasteiger partial charge in [0.1, 0.15) is 0 Å². The Hall–Kier alpha value is -3.12. The van der Waals surface area contributed by atoms with Crippen LogP contribution in [0.1, 0.15) is 17.5 Å². The van der Waals surface area contributed by atoms with Gasteiger partial charge in [-0.25, -0.2) is 4.68 Å². The van der Waals surface area contributed by atoms with Crippen molar-refractivity contribution in [2.75, 3.05) is 39.8 Å². The van der Waals surface area contributed by atoms with Crippen molar-refractivity contribution in [3.63, 3.8) is 0 Å². The molecule has 2 N–H and O–H groups in total. The standard InChI is InChI=1S/C26H34N6/c1-27-26(28-16-12-23-8-10-25(11-9-23)32-17-5-15-30-32)29-20-24-14-19-31(21-24)18-13-22-6-3-2-4-7-22/h2-11,15,17,24H,12-14,16,18-21H2,1H3,(H2,27,28,29). The molecule has 1 aromatic heterocycles. The Kier molecular flexibility index (Phi) is 7.93. The van der Waals surface area contributed by atoms with Crippen LogP contribution in [0.2, 0.25) is 0 Å². The fourth-order valence-corrected chi connectivity index (χ4v) is 4.24. The monoisotopic (exact) mass is 430 g/mol. The fraction of sp³-hybridized carbons (Fsp3) is 0.385. The zero-order chi connectivity index (χ0) is 22.0. The normalized spacial score (nSPS) is 16.9. The number of aromatic nitrogens is 2. The van der Waals surface area contributed by atoms with Gasteiger partial charge in [0.15, 0.2) is 5.96 Å². The highest BCUT2D eigenvalue weighted by Gasteiger charge is 2.22. The second-order valence-electron chi connectivity index (χ2n) is 8.44. The molecule has 1 fully saturated rings. The van der Waals surface area contributed by atoms with Crippen molar-refractivity contribution in [2.45, 2.75) is 19.3 Å². The van der Waals surface area contributed by atoms with Gasteiger partial charge in [-0.05, 0) is 61.1 Å². The van der Waals surface area contributed by atoms with E-state index in [-0.39, 0.29) is 0 Å². The minimum atomic E-state index is 0.680. The summed E-state index contributed by atoms with van der Waals surface area (Å²) in [6.45, 7) is 5.33. The van der Waals surface area contributed by atoms with E-state index < -0.39 is 0 Å². The molecule has 168 valence electrons. The summed E-state index contributed by atoms with van der Waals surface area (Å²) in [5.41, 5.74) is 3.81. The van der Waals surface area contributed by atoms with Crippen molar-refractivity contribution < 1.29 is 0 Å². The summed E-state index contributed by atoms with van der Waals surface area (Å²) < 4.78 is 1.87. The van der Waals surface area contributed by atoms with E-state index in [4.69, 9.17) is 0 Å². The lowest BCUT2D eigenvalue weighted by Crippen LogP contribution is -2.41. The molecule has 1 aliphatic rings. The van der Waals surface area contributed by atoms with E-state index in [0.29, 0.717) is 5.92 Å². The molecule has 1 aliphatic heterocycles. The van der Waals surface area contributed by atoms with Crippen LogP contribution in [0.3, 0.4) is 0 Å². The first-order valence-electron chi connectivity index (χ1n) is 11.6. The number of nitrogens with zero attached hydrogens (tertiary/aromatic N) is 4. The molecule has 0 radical (unpaired) electrons. The number of rotatable bonds is 9. The molecule has 4 rings (SSSR count). The van der Waals surface area contributed by atoms with Gasteiger partial charge in [0.05, 0.1) is 5.69 Å². The Morgan fingerprint density at radius 1 is 1.00 bits per heavy atom. The lowest BCUT2D eigenvalue weighted by molar-refractivity contribution is 0.328. The number of aliphatic imine (C=N–C) groups is 1. The molecule has 6 nitrogen and oxygen atoms in total. The van der Waals surface area contributed by atoms with E-state index in [1.807, 2.05) is 24.0 Å². The molecule has 0 bridgehead atoms. The smallest absolute Gasteiger partial charge is 0.190 e. The largest absolute Gasteiger partial charge is 0.356 e. The lowest BCUT2D eigenvalue weighted by Gasteiger charge is -2.17. The molecular weight excluding hydrogens is 396 g/mol. The first-order chi connectivity index (χ1) is 15.8. The maximum Gasteiger partial charge on any atom is 0.190 e. The van der Waals surface area contributed by atoms with Crippen LogP contribution in [0.15, 0.2) is 78.0 Å². The van der Waals surface area contributed by atoms with Crippen LogP contribution < -0.4 is 10.6 Å². The molecule has 0 aliphatic carbocycles. The summed E-state index contributed by atoms with van der Waals surface area (Å²) in [5.74, 6) is 1.57. The summed E-state index contributed by atoms with van der Waals surface area (Å²) in [6, 6.07) is 21.3. The number of benzene rings is 2. The van der Waals surface area contributed by atoms with Crippen LogP contribution in [0, 0.1) is 5.92 Å². The van der Waals surface area contributed by atoms with E-state index in [1.165, 1.54) is 30.6 Å². The van der Waals surface area contributed by atoms with Crippen LogP contribution in [-0.2, 0) is 12.8 Å². The lowest BCUT2D eigenvalue weighted by atomic mass is 10.1. The molecule has 32 heavy (non-hydrogen) atoms. The summed E-state index contributed by atoms with van der Waals surface area (Å²) in [5, 5.41) is 11.2. The predicted molar refractivity (Wildman–Crippen MR) is 131 cm³/mol. The first-order valence-corrected chi connectivity index (χ1v) is 11.6. The number of hydrogen-bond acceptors (Lipinski definition) is 3. The molecule has 2 aromatic carbocycles. The van der Waals surface area contributed by atoms with Gasteiger partial charge in [0.2, 0.25) is 0 Å². The van der Waals surface area contributed by atoms with Crippen molar-refractivity contribution in [1.29, 1.82) is 0 Å². The van der Waals surface area contributed by atoms with Crippen LogP contribution in [0.5, 0.6) is 0 Å². The molecule has 1 atom stereocenters. The van der Waals surface area contributed by atoms with Gasteiger partial charge in [-0.15, -0.1) is 0 Å². The number of hydrogen-bond donors (Lipinski definition) is 2. The zero-order valence-corrected chi connectivity index (χ0v) is 19.0. The van der Waals surface area contributed by atoms with Gasteiger partial charge in [-0.3, -0.25) is 4.99 Å². The van der Waals surface area contributed by atoms with Crippen LogP contribution in [-0.4, -0.2) is 60.4 Å². The van der Waals surface area contributed by atoms with Crippen molar-refractivity contribution in [3.8, 4) is 5.69 Å². The maximum absolute atomic E-state index is 4.39. The fourth-order valence-electron chi connectivity index (χ4n) is 4.24. The number of guanidine groups is 1. The SMILES string of the molecule is CN=C(NCCc1ccc(-n2cccn2)cc1)NCC1CCN(CCc2ccccc2)C1. The van der Waals surface area contributed by atoms with Gasteiger partial charge in [-0.2, -0.15) is 5.10 Å². The van der Waals surface area contributed by atoms with E-state index in [1.54, 1.807) is 6.20 Å². The van der Waals surface area contributed by atoms with Gasteiger partial charge in [0, 0.05) is 45.6 Å². The molecule has 0 saturated carbocycles. The summed E-state index contributed by atoms with van der Waals surface area (Å²) in [6.07, 6.45) is 7.09. The zero-order valence-electron chi connectivity index (χ0n) is 19.0. The van der Waals surface area contributed by atoms with E-state index in [0.717, 1.165) is 44.1 Å². The highest BCUT2D eigenvalue weighted by molar-refractivity contribution is 5.79. The van der Waals surface area contributed by atoms with E-state index in [2.05, 4.69) is 80.2 Å². The molecule has 2 heterocycles. The van der Waals surface area contributed by atoms with Crippen molar-refractivity contribution in [3.05, 3.63) is 84.2 Å². The number of likely N-dealkylation sites (tertiary alicyclic amines) is 1.